The molecule has 0 bridgehead atoms. The number of azo groups is 1. The molecule has 0 N–H and O–H groups in total. The summed E-state index contributed by atoms with van der Waals surface area (Å²) >= 11 is 0. The molecule has 208 valence electrons. The minimum absolute atomic E-state index is 0.210. The summed E-state index contributed by atoms with van der Waals surface area (Å²) in [5.41, 5.74) is 0.546. The number of esters is 2. The van der Waals surface area contributed by atoms with Gasteiger partial charge in [-0.05, 0) is 89.1 Å². The molecule has 0 radical (unpaired) electrons. The predicted molar refractivity (Wildman–Crippen MR) is 148 cm³/mol. The van der Waals surface area contributed by atoms with Crippen molar-refractivity contribution < 1.29 is 27.5 Å². The summed E-state index contributed by atoms with van der Waals surface area (Å²) in [7, 11) is -1.90. The first kappa shape index (κ1) is 31.0. The number of hydrogen-bond acceptors (Lipinski definition) is 9. The van der Waals surface area contributed by atoms with Crippen LogP contribution in [-0.2, 0) is 28.9 Å². The van der Waals surface area contributed by atoms with Gasteiger partial charge in [0.05, 0.1) is 40.8 Å². The van der Waals surface area contributed by atoms with E-state index in [-0.39, 0.29) is 23.4 Å². The summed E-state index contributed by atoms with van der Waals surface area (Å²) in [5.74, 6) is -0.677. The van der Waals surface area contributed by atoms with E-state index in [0.29, 0.717) is 37.3 Å². The minimum atomic E-state index is -3.26. The van der Waals surface area contributed by atoms with Gasteiger partial charge in [0, 0.05) is 18.5 Å². The van der Waals surface area contributed by atoms with Crippen LogP contribution >= 0.6 is 0 Å². The fourth-order valence-electron chi connectivity index (χ4n) is 4.15. The van der Waals surface area contributed by atoms with Crippen molar-refractivity contribution in [2.24, 2.45) is 21.1 Å². The Hall–Kier alpha value is -3.27. The lowest BCUT2D eigenvalue weighted by Crippen LogP contribution is -2.39. The van der Waals surface area contributed by atoms with Crippen LogP contribution in [0.1, 0.15) is 47.5 Å². The molecule has 0 saturated carbocycles. The number of methoxy groups -OCH3 is 1. The molecule has 0 saturated heterocycles. The molecule has 0 amide bonds. The van der Waals surface area contributed by atoms with Crippen LogP contribution < -0.4 is 4.90 Å². The van der Waals surface area contributed by atoms with Gasteiger partial charge in [-0.15, -0.1) is 0 Å². The van der Waals surface area contributed by atoms with Gasteiger partial charge in [0.15, 0.2) is 9.84 Å². The Bertz CT molecular complexity index is 1220. The van der Waals surface area contributed by atoms with Crippen LogP contribution in [0.3, 0.4) is 0 Å². The van der Waals surface area contributed by atoms with Crippen molar-refractivity contribution in [2.45, 2.75) is 52.4 Å². The lowest BCUT2D eigenvalue weighted by atomic mass is 9.72. The van der Waals surface area contributed by atoms with E-state index in [4.69, 9.17) is 9.47 Å². The Kier molecular flexibility index (Phi) is 10.6. The number of nitrogens with zero attached hydrogens (tertiary/aromatic N) is 3. The van der Waals surface area contributed by atoms with E-state index in [9.17, 15) is 18.0 Å². The van der Waals surface area contributed by atoms with Crippen LogP contribution in [0.25, 0.3) is 0 Å². The number of hydrogen-bond donors (Lipinski definition) is 0. The van der Waals surface area contributed by atoms with Gasteiger partial charge in [0.25, 0.3) is 0 Å². The van der Waals surface area contributed by atoms with Crippen LogP contribution in [0.15, 0.2) is 63.7 Å². The second kappa shape index (κ2) is 13.0. The molecule has 9 nitrogen and oxygen atoms in total. The first-order valence-corrected chi connectivity index (χ1v) is 14.5. The molecular formula is C28H39N3O6S. The largest absolute Gasteiger partial charge is 0.469 e. The molecule has 2 aromatic carbocycles. The number of ether oxygens (including phenoxy) is 2. The fraction of sp³-hybridized carbons (Fsp3) is 0.500. The molecule has 0 aliphatic heterocycles. The Morgan fingerprint density at radius 3 is 1.87 bits per heavy atom. The molecule has 38 heavy (non-hydrogen) atoms. The first-order chi connectivity index (χ1) is 17.8. The van der Waals surface area contributed by atoms with Gasteiger partial charge in [-0.2, -0.15) is 10.2 Å². The molecule has 0 spiro atoms. The van der Waals surface area contributed by atoms with E-state index in [2.05, 4.69) is 15.1 Å². The average Bonchev–Trinajstić information content (AvgIpc) is 2.89. The van der Waals surface area contributed by atoms with E-state index >= 15 is 0 Å². The maximum atomic E-state index is 12.8. The third-order valence-corrected chi connectivity index (χ3v) is 7.71. The van der Waals surface area contributed by atoms with Crippen molar-refractivity contribution in [3.8, 4) is 0 Å². The molecular weight excluding hydrogens is 506 g/mol. The number of rotatable bonds is 13. The number of benzene rings is 2. The third-order valence-electron chi connectivity index (χ3n) is 6.58. The maximum absolute atomic E-state index is 12.8. The van der Waals surface area contributed by atoms with Gasteiger partial charge < -0.3 is 14.4 Å². The molecule has 2 rings (SSSR count). The molecule has 0 aliphatic carbocycles. The smallest absolute Gasteiger partial charge is 0.311 e. The monoisotopic (exact) mass is 545 g/mol. The Morgan fingerprint density at radius 1 is 0.895 bits per heavy atom. The predicted octanol–water partition coefficient (Wildman–Crippen LogP) is 5.88. The summed E-state index contributed by atoms with van der Waals surface area (Å²) in [6, 6.07) is 13.7. The maximum Gasteiger partial charge on any atom is 0.311 e. The zero-order valence-corrected chi connectivity index (χ0v) is 24.2. The normalized spacial score (nSPS) is 13.7. The average molecular weight is 546 g/mol. The molecule has 1 atom stereocenters. The number of likely N-dealkylation sites (N-methyl/N-ethyl adjacent to an activating group) is 1. The third kappa shape index (κ3) is 8.37. The van der Waals surface area contributed by atoms with Gasteiger partial charge in [0.1, 0.15) is 6.61 Å². The quantitative estimate of drug-likeness (QED) is 0.228. The zero-order valence-electron chi connectivity index (χ0n) is 23.4. The van der Waals surface area contributed by atoms with Gasteiger partial charge in [-0.25, -0.2) is 8.42 Å². The van der Waals surface area contributed by atoms with Gasteiger partial charge in [0.2, 0.25) is 0 Å². The van der Waals surface area contributed by atoms with E-state index in [1.165, 1.54) is 19.2 Å². The SMILES string of the molecule is CCN(CCOC(=O)C(C)(C)CC(C)(CC)C(=O)OC)c1ccc(/N=N/c2ccc(S(C)(=O)=O)cc2)cc1. The van der Waals surface area contributed by atoms with Crippen LogP contribution in [0.4, 0.5) is 17.1 Å². The summed E-state index contributed by atoms with van der Waals surface area (Å²) in [6.07, 6.45) is 2.05. The first-order valence-electron chi connectivity index (χ1n) is 12.6. The second-order valence-electron chi connectivity index (χ2n) is 10.2. The van der Waals surface area contributed by atoms with E-state index < -0.39 is 20.7 Å². The number of sulfone groups is 1. The van der Waals surface area contributed by atoms with E-state index in [1.807, 2.05) is 45.0 Å². The van der Waals surface area contributed by atoms with Crippen LogP contribution in [0.5, 0.6) is 0 Å². The van der Waals surface area contributed by atoms with Gasteiger partial charge >= 0.3 is 11.9 Å². The van der Waals surface area contributed by atoms with Crippen molar-refractivity contribution in [3.05, 3.63) is 48.5 Å². The summed E-state index contributed by atoms with van der Waals surface area (Å²) in [4.78, 5) is 27.4. The highest BCUT2D eigenvalue weighted by Gasteiger charge is 2.42. The van der Waals surface area contributed by atoms with E-state index in [1.54, 1.807) is 26.0 Å². The van der Waals surface area contributed by atoms with Crippen molar-refractivity contribution in [2.75, 3.05) is 38.0 Å². The van der Waals surface area contributed by atoms with Gasteiger partial charge in [-0.3, -0.25) is 9.59 Å². The number of anilines is 1. The zero-order chi connectivity index (χ0) is 28.6. The highest BCUT2D eigenvalue weighted by Crippen LogP contribution is 2.38. The molecule has 0 heterocycles. The van der Waals surface area contributed by atoms with Crippen molar-refractivity contribution >= 4 is 38.8 Å². The van der Waals surface area contributed by atoms with E-state index in [0.717, 1.165) is 11.9 Å². The minimum Gasteiger partial charge on any atom is -0.469 e. The van der Waals surface area contributed by atoms with Crippen LogP contribution in [0.2, 0.25) is 0 Å². The van der Waals surface area contributed by atoms with Crippen molar-refractivity contribution in [3.63, 3.8) is 0 Å². The molecule has 10 heteroatoms. The standard InChI is InChI=1S/C28H39N3O6S/c1-8-28(5,26(33)36-6)20-27(3,4)25(32)37-19-18-31(9-2)23-14-10-21(11-15-23)29-30-22-12-16-24(17-13-22)38(7,34)35/h10-17H,8-9,18-20H2,1-7H3/b30-29+. The highest BCUT2D eigenvalue weighted by atomic mass is 32.2. The second-order valence-corrected chi connectivity index (χ2v) is 12.2. The molecule has 0 aromatic heterocycles. The molecule has 1 unspecified atom stereocenters. The Morgan fingerprint density at radius 2 is 1.42 bits per heavy atom. The van der Waals surface area contributed by atoms with Crippen molar-refractivity contribution in [1.29, 1.82) is 0 Å². The lowest BCUT2D eigenvalue weighted by molar-refractivity contribution is -0.161. The molecule has 0 aliphatic rings. The van der Waals surface area contributed by atoms with Crippen LogP contribution in [0, 0.1) is 10.8 Å². The fourth-order valence-corrected chi connectivity index (χ4v) is 4.79. The van der Waals surface area contributed by atoms with Crippen LogP contribution in [-0.4, -0.2) is 53.4 Å². The summed E-state index contributed by atoms with van der Waals surface area (Å²) in [6.45, 7) is 10.7. The molecule has 0 fully saturated rings. The topological polar surface area (TPSA) is 115 Å². The Balaban J connectivity index is 1.96. The Labute approximate surface area is 226 Å². The number of carbonyl (C=O) groups is 2. The van der Waals surface area contributed by atoms with Crippen molar-refractivity contribution in [1.82, 2.24) is 0 Å². The number of carbonyl (C=O) groups excluding carboxylic acids is 2. The lowest BCUT2D eigenvalue weighted by Gasteiger charge is -2.33. The molecule has 2 aromatic rings. The highest BCUT2D eigenvalue weighted by molar-refractivity contribution is 7.90. The summed E-state index contributed by atoms with van der Waals surface area (Å²) in [5, 5.41) is 8.38. The summed E-state index contributed by atoms with van der Waals surface area (Å²) < 4.78 is 33.7. The van der Waals surface area contributed by atoms with Gasteiger partial charge in [-0.1, -0.05) is 6.92 Å².